The van der Waals surface area contributed by atoms with Crippen LogP contribution < -0.4 is 9.80 Å². The van der Waals surface area contributed by atoms with Crippen molar-refractivity contribution < 1.29 is 4.90 Å². The molecule has 1 heterocycles. The molecule has 0 spiro atoms. The largest absolute Gasteiger partial charge is 0.359 e. The molecule has 0 unspecified atom stereocenters. The first-order chi connectivity index (χ1) is 10.2. The topological polar surface area (TPSA) is 7.68 Å². The number of piperazine rings is 1. The van der Waals surface area contributed by atoms with Crippen molar-refractivity contribution in [1.82, 2.24) is 0 Å². The molecular formula is C17H19Cl2N2+. The maximum absolute atomic E-state index is 6.28. The number of rotatable bonds is 3. The number of para-hydroxylation sites is 1. The molecule has 1 fully saturated rings. The molecule has 2 aromatic carbocycles. The number of hydrogen-bond donors (Lipinski definition) is 1. The second-order valence-corrected chi connectivity index (χ2v) is 6.27. The number of nitrogens with one attached hydrogen (secondary N) is 1. The van der Waals surface area contributed by atoms with Crippen LogP contribution in [-0.4, -0.2) is 26.2 Å². The Kier molecular flexibility index (Phi) is 4.69. The minimum absolute atomic E-state index is 0.840. The fraction of sp³-hybridized carbons (Fsp3) is 0.294. The number of quaternary nitrogens is 1. The van der Waals surface area contributed by atoms with Crippen molar-refractivity contribution in [3.8, 4) is 0 Å². The van der Waals surface area contributed by atoms with E-state index in [-0.39, 0.29) is 0 Å². The zero-order valence-electron chi connectivity index (χ0n) is 11.9. The van der Waals surface area contributed by atoms with Crippen molar-refractivity contribution >= 4 is 28.9 Å². The van der Waals surface area contributed by atoms with Gasteiger partial charge in [0.15, 0.2) is 0 Å². The lowest BCUT2D eigenvalue weighted by Gasteiger charge is -2.34. The van der Waals surface area contributed by atoms with Crippen molar-refractivity contribution in [3.05, 3.63) is 64.1 Å². The Bertz CT molecular complexity index is 607. The molecule has 3 rings (SSSR count). The Labute approximate surface area is 135 Å². The standard InChI is InChI=1S/C17H18Cl2N2/c18-15-6-2-1-5-14(15)13-20-9-11-21(12-10-20)17-8-4-3-7-16(17)19/h1-8H,9-13H2/p+1. The zero-order chi connectivity index (χ0) is 14.7. The highest BCUT2D eigenvalue weighted by atomic mass is 35.5. The van der Waals surface area contributed by atoms with Crippen molar-refractivity contribution in [2.75, 3.05) is 31.1 Å². The van der Waals surface area contributed by atoms with Crippen molar-refractivity contribution in [3.63, 3.8) is 0 Å². The third-order valence-corrected chi connectivity index (χ3v) is 4.75. The summed E-state index contributed by atoms with van der Waals surface area (Å²) in [6.07, 6.45) is 0. The Balaban J connectivity index is 1.61. The SMILES string of the molecule is Clc1ccccc1C[NH+]1CCN(c2ccccc2Cl)CC1. The number of benzene rings is 2. The predicted molar refractivity (Wildman–Crippen MR) is 89.5 cm³/mol. The van der Waals surface area contributed by atoms with Gasteiger partial charge in [0.25, 0.3) is 0 Å². The molecule has 0 aliphatic carbocycles. The molecule has 0 radical (unpaired) electrons. The smallest absolute Gasteiger partial charge is 0.104 e. The fourth-order valence-electron chi connectivity index (χ4n) is 2.86. The van der Waals surface area contributed by atoms with Gasteiger partial charge in [0.05, 0.1) is 36.9 Å². The fourth-order valence-corrected chi connectivity index (χ4v) is 3.32. The molecule has 2 nitrogen and oxygen atoms in total. The van der Waals surface area contributed by atoms with Gasteiger partial charge in [0.2, 0.25) is 0 Å². The molecule has 4 heteroatoms. The van der Waals surface area contributed by atoms with E-state index in [0.717, 1.165) is 48.5 Å². The van der Waals surface area contributed by atoms with Gasteiger partial charge in [-0.3, -0.25) is 0 Å². The summed E-state index contributed by atoms with van der Waals surface area (Å²) in [7, 11) is 0. The third kappa shape index (κ3) is 3.52. The second-order valence-electron chi connectivity index (χ2n) is 5.46. The van der Waals surface area contributed by atoms with E-state index >= 15 is 0 Å². The van der Waals surface area contributed by atoms with Crippen LogP contribution in [0.2, 0.25) is 10.0 Å². The highest BCUT2D eigenvalue weighted by Crippen LogP contribution is 2.24. The number of hydrogen-bond acceptors (Lipinski definition) is 1. The summed E-state index contributed by atoms with van der Waals surface area (Å²) in [5.74, 6) is 0. The van der Waals surface area contributed by atoms with Crippen LogP contribution in [0.1, 0.15) is 5.56 Å². The van der Waals surface area contributed by atoms with Gasteiger partial charge in [-0.2, -0.15) is 0 Å². The van der Waals surface area contributed by atoms with Crippen molar-refractivity contribution in [1.29, 1.82) is 0 Å². The van der Waals surface area contributed by atoms with Crippen LogP contribution in [0.25, 0.3) is 0 Å². The van der Waals surface area contributed by atoms with Crippen molar-refractivity contribution in [2.24, 2.45) is 0 Å². The van der Waals surface area contributed by atoms with Crippen LogP contribution in [0.15, 0.2) is 48.5 Å². The first-order valence-electron chi connectivity index (χ1n) is 7.30. The molecule has 0 amide bonds. The summed E-state index contributed by atoms with van der Waals surface area (Å²) >= 11 is 12.5. The van der Waals surface area contributed by atoms with E-state index in [1.165, 1.54) is 5.56 Å². The molecule has 1 aliphatic rings. The Morgan fingerprint density at radius 1 is 0.857 bits per heavy atom. The lowest BCUT2D eigenvalue weighted by molar-refractivity contribution is -0.914. The van der Waals surface area contributed by atoms with Gasteiger partial charge >= 0.3 is 0 Å². The summed E-state index contributed by atoms with van der Waals surface area (Å²) in [4.78, 5) is 3.95. The summed E-state index contributed by atoms with van der Waals surface area (Å²) in [6.45, 7) is 5.27. The molecule has 1 aliphatic heterocycles. The Morgan fingerprint density at radius 3 is 2.14 bits per heavy atom. The van der Waals surface area contributed by atoms with E-state index in [9.17, 15) is 0 Å². The monoisotopic (exact) mass is 321 g/mol. The van der Waals surface area contributed by atoms with E-state index < -0.39 is 0 Å². The van der Waals surface area contributed by atoms with Crippen molar-refractivity contribution in [2.45, 2.75) is 6.54 Å². The van der Waals surface area contributed by atoms with E-state index in [1.807, 2.05) is 30.3 Å². The summed E-state index contributed by atoms with van der Waals surface area (Å²) in [6, 6.07) is 16.2. The van der Waals surface area contributed by atoms with Gasteiger partial charge in [0, 0.05) is 10.6 Å². The van der Waals surface area contributed by atoms with Gasteiger partial charge in [-0.25, -0.2) is 0 Å². The second kappa shape index (κ2) is 6.69. The summed E-state index contributed by atoms with van der Waals surface area (Å²) < 4.78 is 0. The van der Waals surface area contributed by atoms with E-state index in [1.54, 1.807) is 4.90 Å². The third-order valence-electron chi connectivity index (χ3n) is 4.06. The molecule has 0 bridgehead atoms. The lowest BCUT2D eigenvalue weighted by atomic mass is 10.2. The number of halogens is 2. The molecule has 1 saturated heterocycles. The van der Waals surface area contributed by atoms with Gasteiger partial charge in [-0.15, -0.1) is 0 Å². The first-order valence-corrected chi connectivity index (χ1v) is 8.06. The minimum Gasteiger partial charge on any atom is -0.359 e. The highest BCUT2D eigenvalue weighted by molar-refractivity contribution is 6.33. The molecular weight excluding hydrogens is 303 g/mol. The average molecular weight is 322 g/mol. The van der Waals surface area contributed by atoms with Gasteiger partial charge in [-0.05, 0) is 18.2 Å². The predicted octanol–water partition coefficient (Wildman–Crippen LogP) is 2.90. The van der Waals surface area contributed by atoms with Crippen LogP contribution in [-0.2, 0) is 6.54 Å². The van der Waals surface area contributed by atoms with Crippen LogP contribution in [0.4, 0.5) is 5.69 Å². The summed E-state index contributed by atoms with van der Waals surface area (Å²) in [5.41, 5.74) is 2.39. The molecule has 2 aromatic rings. The Hall–Kier alpha value is -1.22. The van der Waals surface area contributed by atoms with E-state index in [0.29, 0.717) is 0 Å². The molecule has 110 valence electrons. The molecule has 21 heavy (non-hydrogen) atoms. The molecule has 0 atom stereocenters. The van der Waals surface area contributed by atoms with Gasteiger partial charge in [0.1, 0.15) is 6.54 Å². The zero-order valence-corrected chi connectivity index (χ0v) is 13.4. The van der Waals surface area contributed by atoms with Gasteiger partial charge in [-0.1, -0.05) is 53.5 Å². The average Bonchev–Trinajstić information content (AvgIpc) is 2.51. The van der Waals surface area contributed by atoms with Gasteiger partial charge < -0.3 is 9.80 Å². The Morgan fingerprint density at radius 2 is 1.48 bits per heavy atom. The minimum atomic E-state index is 0.840. The normalized spacial score (nSPS) is 16.2. The van der Waals surface area contributed by atoms with Crippen LogP contribution >= 0.6 is 23.2 Å². The van der Waals surface area contributed by atoms with Crippen LogP contribution in [0.5, 0.6) is 0 Å². The lowest BCUT2D eigenvalue weighted by Crippen LogP contribution is -3.13. The number of anilines is 1. The van der Waals surface area contributed by atoms with E-state index in [4.69, 9.17) is 23.2 Å². The van der Waals surface area contributed by atoms with Crippen LogP contribution in [0, 0.1) is 0 Å². The quantitative estimate of drug-likeness (QED) is 0.913. The van der Waals surface area contributed by atoms with E-state index in [2.05, 4.69) is 23.1 Å². The number of nitrogens with zero attached hydrogens (tertiary/aromatic N) is 1. The first kappa shape index (κ1) is 14.7. The molecule has 0 saturated carbocycles. The maximum atomic E-state index is 6.28. The van der Waals surface area contributed by atoms with Crippen LogP contribution in [0.3, 0.4) is 0 Å². The molecule has 1 N–H and O–H groups in total. The molecule has 0 aromatic heterocycles. The summed E-state index contributed by atoms with van der Waals surface area (Å²) in [5, 5.41) is 1.71. The maximum Gasteiger partial charge on any atom is 0.104 e. The highest BCUT2D eigenvalue weighted by Gasteiger charge is 2.22.